The van der Waals surface area contributed by atoms with E-state index in [2.05, 4.69) is 21.2 Å². The lowest BCUT2D eigenvalue weighted by molar-refractivity contribution is -0.384. The highest BCUT2D eigenvalue weighted by molar-refractivity contribution is 9.10. The fourth-order valence-electron chi connectivity index (χ4n) is 1.95. The van der Waals surface area contributed by atoms with Gasteiger partial charge in [0.2, 0.25) is 0 Å². The molecule has 0 spiro atoms. The number of hydrogen-bond donors (Lipinski definition) is 1. The molecule has 0 saturated carbocycles. The quantitative estimate of drug-likeness (QED) is 0.605. The average molecular weight is 370 g/mol. The van der Waals surface area contributed by atoms with Crippen molar-refractivity contribution in [3.05, 3.63) is 73.2 Å². The van der Waals surface area contributed by atoms with Gasteiger partial charge < -0.3 is 5.32 Å². The van der Waals surface area contributed by atoms with Crippen LogP contribution in [-0.2, 0) is 6.54 Å². The average Bonchev–Trinajstić information content (AvgIpc) is 2.46. The molecule has 0 unspecified atom stereocenters. The zero-order valence-electron chi connectivity index (χ0n) is 11.3. The third kappa shape index (κ3) is 4.27. The van der Waals surface area contributed by atoms with Crippen LogP contribution in [0.2, 0.25) is 5.02 Å². The molecule has 0 aromatic heterocycles. The summed E-state index contributed by atoms with van der Waals surface area (Å²) in [5.74, 6) is 0. The summed E-state index contributed by atoms with van der Waals surface area (Å²) in [6, 6.07) is 13.0. The Morgan fingerprint density at radius 2 is 1.95 bits per heavy atom. The fraction of sp³-hybridized carbons (Fsp3) is 0.200. The fourth-order valence-corrected chi connectivity index (χ4v) is 2.40. The second kappa shape index (κ2) is 7.02. The van der Waals surface area contributed by atoms with Crippen molar-refractivity contribution in [3.63, 3.8) is 0 Å². The van der Waals surface area contributed by atoms with Gasteiger partial charge in [-0.15, -0.1) is 0 Å². The number of nitrogens with zero attached hydrogens (tertiary/aromatic N) is 1. The van der Waals surface area contributed by atoms with Gasteiger partial charge >= 0.3 is 0 Å². The summed E-state index contributed by atoms with van der Waals surface area (Å²) in [7, 11) is 0. The van der Waals surface area contributed by atoms with Gasteiger partial charge in [-0.2, -0.15) is 0 Å². The Morgan fingerprint density at radius 1 is 1.29 bits per heavy atom. The van der Waals surface area contributed by atoms with Crippen LogP contribution in [-0.4, -0.2) is 4.92 Å². The highest BCUT2D eigenvalue weighted by Crippen LogP contribution is 2.25. The van der Waals surface area contributed by atoms with Crippen LogP contribution in [0, 0.1) is 10.1 Å². The monoisotopic (exact) mass is 368 g/mol. The van der Waals surface area contributed by atoms with E-state index in [1.54, 1.807) is 12.1 Å². The lowest BCUT2D eigenvalue weighted by Gasteiger charge is -2.14. The zero-order valence-corrected chi connectivity index (χ0v) is 13.7. The minimum atomic E-state index is -0.468. The third-order valence-corrected chi connectivity index (χ3v) is 4.04. The van der Waals surface area contributed by atoms with Gasteiger partial charge in [-0.3, -0.25) is 10.1 Å². The number of rotatable bonds is 5. The molecule has 0 saturated heterocycles. The molecule has 21 heavy (non-hydrogen) atoms. The highest BCUT2D eigenvalue weighted by Gasteiger charge is 2.13. The van der Waals surface area contributed by atoms with E-state index in [4.69, 9.17) is 11.6 Å². The predicted octanol–water partition coefficient (Wildman–Crippen LogP) is 4.86. The van der Waals surface area contributed by atoms with Gasteiger partial charge in [-0.1, -0.05) is 45.7 Å². The van der Waals surface area contributed by atoms with Crippen molar-refractivity contribution in [1.82, 2.24) is 5.32 Å². The minimum Gasteiger partial charge on any atom is -0.306 e. The second-order valence-corrected chi connectivity index (χ2v) is 6.02. The summed E-state index contributed by atoms with van der Waals surface area (Å²) < 4.78 is 1.03. The van der Waals surface area contributed by atoms with Gasteiger partial charge in [-0.25, -0.2) is 0 Å². The first-order valence-electron chi connectivity index (χ1n) is 6.39. The Balaban J connectivity index is 2.04. The van der Waals surface area contributed by atoms with Crippen LogP contribution >= 0.6 is 27.5 Å². The Bertz CT molecular complexity index is 647. The Labute approximate surface area is 136 Å². The minimum absolute atomic E-state index is 0.0627. The first kappa shape index (κ1) is 15.9. The number of benzene rings is 2. The molecule has 0 heterocycles. The third-order valence-electron chi connectivity index (χ3n) is 3.19. The first-order chi connectivity index (χ1) is 9.97. The molecule has 1 atom stereocenters. The van der Waals surface area contributed by atoms with Crippen molar-refractivity contribution in [1.29, 1.82) is 0 Å². The predicted molar refractivity (Wildman–Crippen MR) is 87.5 cm³/mol. The second-order valence-electron chi connectivity index (χ2n) is 4.70. The molecular weight excluding hydrogens is 356 g/mol. The van der Waals surface area contributed by atoms with Gasteiger partial charge in [0.05, 0.1) is 4.92 Å². The van der Waals surface area contributed by atoms with Crippen LogP contribution in [0.1, 0.15) is 24.1 Å². The highest BCUT2D eigenvalue weighted by atomic mass is 79.9. The molecule has 0 aliphatic rings. The van der Waals surface area contributed by atoms with Crippen molar-refractivity contribution < 1.29 is 4.92 Å². The van der Waals surface area contributed by atoms with Crippen LogP contribution < -0.4 is 5.32 Å². The first-order valence-corrected chi connectivity index (χ1v) is 7.56. The summed E-state index contributed by atoms with van der Waals surface area (Å²) in [6.07, 6.45) is 0. The molecule has 0 aliphatic carbocycles. The van der Waals surface area contributed by atoms with Crippen LogP contribution in [0.4, 0.5) is 5.69 Å². The lowest BCUT2D eigenvalue weighted by Crippen LogP contribution is -2.18. The SMILES string of the molecule is C[C@H](NCc1ccc(Cl)c([N+](=O)[O-])c1)c1ccc(Br)cc1. The van der Waals surface area contributed by atoms with Gasteiger partial charge in [0, 0.05) is 23.1 Å². The van der Waals surface area contributed by atoms with Crippen molar-refractivity contribution in [3.8, 4) is 0 Å². The molecule has 0 amide bonds. The molecule has 4 nitrogen and oxygen atoms in total. The van der Waals surface area contributed by atoms with Crippen LogP contribution in [0.25, 0.3) is 0 Å². The lowest BCUT2D eigenvalue weighted by atomic mass is 10.1. The molecule has 2 aromatic carbocycles. The molecule has 0 bridgehead atoms. The van der Waals surface area contributed by atoms with Crippen molar-refractivity contribution in [2.45, 2.75) is 19.5 Å². The molecule has 6 heteroatoms. The number of hydrogen-bond acceptors (Lipinski definition) is 3. The molecule has 0 fully saturated rings. The maximum absolute atomic E-state index is 10.9. The van der Waals surface area contributed by atoms with Gasteiger partial charge in [-0.05, 0) is 36.2 Å². The molecule has 1 N–H and O–H groups in total. The van der Waals surface area contributed by atoms with E-state index in [0.29, 0.717) is 6.54 Å². The largest absolute Gasteiger partial charge is 0.306 e. The van der Waals surface area contributed by atoms with Crippen molar-refractivity contribution in [2.24, 2.45) is 0 Å². The number of nitro benzene ring substituents is 1. The summed E-state index contributed by atoms with van der Waals surface area (Å²) in [6.45, 7) is 2.59. The van der Waals surface area contributed by atoms with Gasteiger partial charge in [0.25, 0.3) is 5.69 Å². The van der Waals surface area contributed by atoms with E-state index in [1.807, 2.05) is 31.2 Å². The van der Waals surface area contributed by atoms with E-state index in [-0.39, 0.29) is 16.8 Å². The summed E-state index contributed by atoms with van der Waals surface area (Å²) in [4.78, 5) is 10.4. The molecule has 0 aliphatic heterocycles. The maximum atomic E-state index is 10.9. The van der Waals surface area contributed by atoms with Crippen molar-refractivity contribution >= 4 is 33.2 Å². The molecule has 2 aromatic rings. The molecule has 2 rings (SSSR count). The normalized spacial score (nSPS) is 12.1. The van der Waals surface area contributed by atoms with Crippen LogP contribution in [0.15, 0.2) is 46.9 Å². The van der Waals surface area contributed by atoms with E-state index in [9.17, 15) is 10.1 Å². The van der Waals surface area contributed by atoms with Gasteiger partial charge in [0.15, 0.2) is 0 Å². The van der Waals surface area contributed by atoms with Crippen LogP contribution in [0.3, 0.4) is 0 Å². The Kier molecular flexibility index (Phi) is 5.33. The van der Waals surface area contributed by atoms with Crippen LogP contribution in [0.5, 0.6) is 0 Å². The topological polar surface area (TPSA) is 55.2 Å². The summed E-state index contributed by atoms with van der Waals surface area (Å²) in [5, 5.41) is 14.4. The zero-order chi connectivity index (χ0) is 15.4. The van der Waals surface area contributed by atoms with E-state index >= 15 is 0 Å². The summed E-state index contributed by atoms with van der Waals surface area (Å²) in [5.41, 5.74) is 1.92. The summed E-state index contributed by atoms with van der Waals surface area (Å²) >= 11 is 9.20. The van der Waals surface area contributed by atoms with Gasteiger partial charge in [0.1, 0.15) is 5.02 Å². The number of halogens is 2. The molecular formula is C15H14BrClN2O2. The standard InChI is InChI=1S/C15H14BrClN2O2/c1-10(12-3-5-13(16)6-4-12)18-9-11-2-7-14(17)15(8-11)19(20)21/h2-8,10,18H,9H2,1H3/t10-/m0/s1. The smallest absolute Gasteiger partial charge is 0.288 e. The Hall–Kier alpha value is -1.43. The van der Waals surface area contributed by atoms with E-state index in [1.165, 1.54) is 6.07 Å². The van der Waals surface area contributed by atoms with E-state index in [0.717, 1.165) is 15.6 Å². The van der Waals surface area contributed by atoms with Crippen molar-refractivity contribution in [2.75, 3.05) is 0 Å². The molecule has 110 valence electrons. The number of nitrogens with one attached hydrogen (secondary N) is 1. The maximum Gasteiger partial charge on any atom is 0.288 e. The number of nitro groups is 1. The molecule has 0 radical (unpaired) electrons. The van der Waals surface area contributed by atoms with E-state index < -0.39 is 4.92 Å². The Morgan fingerprint density at radius 3 is 2.57 bits per heavy atom.